The smallest absolute Gasteiger partial charge is 0.341 e. The number of benzene rings is 1. The number of aromatic carboxylic acids is 1. The van der Waals surface area contributed by atoms with E-state index in [1.807, 2.05) is 11.9 Å². The highest BCUT2D eigenvalue weighted by molar-refractivity contribution is 8.02. The number of nitrogens with zero attached hydrogens (tertiary/aromatic N) is 2. The second-order valence-corrected chi connectivity index (χ2v) is 6.73. The molecule has 4 rings (SSSR count). The standard InChI is InChI=1S/C16H14FN3O3S/c1-18-8-5-20(6-8)13-11(17)4-9-12-15(13)24-3-2-19(12)7-10(14(9)21)16(22)23/h2-4,7-8,18H,5-6H2,1H3,(H,22,23). The highest BCUT2D eigenvalue weighted by Crippen LogP contribution is 2.42. The highest BCUT2D eigenvalue weighted by atomic mass is 32.2. The van der Waals surface area contributed by atoms with Gasteiger partial charge in [-0.05, 0) is 18.5 Å². The van der Waals surface area contributed by atoms with Crippen LogP contribution < -0.4 is 15.6 Å². The summed E-state index contributed by atoms with van der Waals surface area (Å²) >= 11 is 1.34. The van der Waals surface area contributed by atoms with Crippen molar-refractivity contribution in [2.24, 2.45) is 0 Å². The molecule has 2 N–H and O–H groups in total. The van der Waals surface area contributed by atoms with E-state index < -0.39 is 17.2 Å². The molecule has 8 heteroatoms. The van der Waals surface area contributed by atoms with E-state index in [4.69, 9.17) is 0 Å². The molecule has 0 aliphatic carbocycles. The number of pyridine rings is 1. The molecule has 0 atom stereocenters. The van der Waals surface area contributed by atoms with Crippen LogP contribution in [0.5, 0.6) is 0 Å². The molecule has 24 heavy (non-hydrogen) atoms. The molecule has 0 amide bonds. The Morgan fingerprint density at radius 1 is 1.46 bits per heavy atom. The first-order valence-electron chi connectivity index (χ1n) is 7.41. The fraction of sp³-hybridized carbons (Fsp3) is 0.250. The van der Waals surface area contributed by atoms with Crippen molar-refractivity contribution >= 4 is 40.5 Å². The van der Waals surface area contributed by atoms with Gasteiger partial charge in [0.25, 0.3) is 0 Å². The minimum Gasteiger partial charge on any atom is -0.477 e. The van der Waals surface area contributed by atoms with Gasteiger partial charge >= 0.3 is 5.97 Å². The number of halogens is 1. The summed E-state index contributed by atoms with van der Waals surface area (Å²) < 4.78 is 16.3. The number of carbonyl (C=O) groups is 1. The summed E-state index contributed by atoms with van der Waals surface area (Å²) in [7, 11) is 1.87. The van der Waals surface area contributed by atoms with Crippen LogP contribution >= 0.6 is 11.8 Å². The maximum absolute atomic E-state index is 14.7. The highest BCUT2D eigenvalue weighted by Gasteiger charge is 2.32. The molecular formula is C16H14FN3O3S. The lowest BCUT2D eigenvalue weighted by Gasteiger charge is -2.42. The third kappa shape index (κ3) is 2.06. The van der Waals surface area contributed by atoms with Gasteiger partial charge in [-0.2, -0.15) is 0 Å². The Labute approximate surface area is 140 Å². The second kappa shape index (κ2) is 5.35. The van der Waals surface area contributed by atoms with Crippen LogP contribution in [0.3, 0.4) is 0 Å². The molecule has 1 saturated heterocycles. The Hall–Kier alpha value is -2.32. The molecule has 124 valence electrons. The fourth-order valence-corrected chi connectivity index (χ4v) is 4.12. The number of rotatable bonds is 3. The molecular weight excluding hydrogens is 333 g/mol. The minimum atomic E-state index is -1.32. The van der Waals surface area contributed by atoms with Gasteiger partial charge in [-0.15, -0.1) is 0 Å². The predicted octanol–water partition coefficient (Wildman–Crippen LogP) is 1.78. The van der Waals surface area contributed by atoms with Gasteiger partial charge in [-0.3, -0.25) is 4.79 Å². The van der Waals surface area contributed by atoms with Crippen molar-refractivity contribution in [1.29, 1.82) is 0 Å². The molecule has 1 aromatic heterocycles. The maximum atomic E-state index is 14.7. The molecule has 0 unspecified atom stereocenters. The van der Waals surface area contributed by atoms with Crippen LogP contribution in [0.25, 0.3) is 17.1 Å². The van der Waals surface area contributed by atoms with Crippen LogP contribution in [0.1, 0.15) is 10.4 Å². The van der Waals surface area contributed by atoms with E-state index in [2.05, 4.69) is 5.32 Å². The summed E-state index contributed by atoms with van der Waals surface area (Å²) in [5.41, 5.74) is 0.00536. The topological polar surface area (TPSA) is 74.6 Å². The molecule has 0 spiro atoms. The SMILES string of the molecule is CNC1CN(c2c(F)cc3c(=O)c(C(=O)O)cn4c3c2SC=C4)C1. The van der Waals surface area contributed by atoms with Gasteiger partial charge < -0.3 is 19.9 Å². The third-order valence-corrected chi connectivity index (χ3v) is 5.32. The lowest BCUT2D eigenvalue weighted by molar-refractivity contribution is 0.0695. The van der Waals surface area contributed by atoms with E-state index in [0.29, 0.717) is 35.2 Å². The number of carboxylic acid groups (broad SMARTS) is 1. The van der Waals surface area contributed by atoms with Crippen molar-refractivity contribution in [3.05, 3.63) is 39.3 Å². The van der Waals surface area contributed by atoms with Crippen LogP contribution in [-0.4, -0.2) is 41.8 Å². The van der Waals surface area contributed by atoms with Crippen LogP contribution in [0.4, 0.5) is 10.1 Å². The summed E-state index contributed by atoms with van der Waals surface area (Å²) in [6.45, 7) is 1.38. The minimum absolute atomic E-state index is 0.0914. The maximum Gasteiger partial charge on any atom is 0.341 e. The van der Waals surface area contributed by atoms with Crippen molar-refractivity contribution in [2.45, 2.75) is 10.9 Å². The van der Waals surface area contributed by atoms with E-state index in [1.54, 1.807) is 16.2 Å². The van der Waals surface area contributed by atoms with Crippen molar-refractivity contribution in [3.63, 3.8) is 0 Å². The summed E-state index contributed by atoms with van der Waals surface area (Å²) in [5.74, 6) is -1.82. The monoisotopic (exact) mass is 347 g/mol. The Morgan fingerprint density at radius 3 is 2.88 bits per heavy atom. The zero-order chi connectivity index (χ0) is 17.0. The fourth-order valence-electron chi connectivity index (χ4n) is 3.13. The van der Waals surface area contributed by atoms with Gasteiger partial charge in [-0.25, -0.2) is 9.18 Å². The van der Waals surface area contributed by atoms with Crippen LogP contribution in [0.2, 0.25) is 0 Å². The van der Waals surface area contributed by atoms with Gasteiger partial charge in [-0.1, -0.05) is 11.8 Å². The normalized spacial score (nSPS) is 16.5. The van der Waals surface area contributed by atoms with Gasteiger partial charge in [0, 0.05) is 31.5 Å². The Morgan fingerprint density at radius 2 is 2.21 bits per heavy atom. The molecule has 2 aliphatic rings. The molecule has 0 bridgehead atoms. The first-order valence-corrected chi connectivity index (χ1v) is 8.29. The molecule has 2 aliphatic heterocycles. The van der Waals surface area contributed by atoms with Crippen molar-refractivity contribution in [1.82, 2.24) is 9.88 Å². The first-order chi connectivity index (χ1) is 11.5. The van der Waals surface area contributed by atoms with Gasteiger partial charge in [0.15, 0.2) is 0 Å². The number of thioether (sulfide) groups is 1. The zero-order valence-corrected chi connectivity index (χ0v) is 13.6. The Bertz CT molecular complexity index is 963. The van der Waals surface area contributed by atoms with Crippen molar-refractivity contribution in [3.8, 4) is 0 Å². The zero-order valence-electron chi connectivity index (χ0n) is 12.7. The number of hydrogen-bond donors (Lipinski definition) is 2. The van der Waals surface area contributed by atoms with Crippen LogP contribution in [0, 0.1) is 5.82 Å². The molecule has 3 heterocycles. The lowest BCUT2D eigenvalue weighted by Crippen LogP contribution is -2.57. The van der Waals surface area contributed by atoms with Gasteiger partial charge in [0.1, 0.15) is 11.4 Å². The number of carboxylic acids is 1. The number of likely N-dealkylation sites (N-methyl/N-ethyl adjacent to an activating group) is 1. The molecule has 6 nitrogen and oxygen atoms in total. The summed E-state index contributed by atoms with van der Waals surface area (Å²) in [5, 5.41) is 14.2. The number of hydrogen-bond acceptors (Lipinski definition) is 5. The summed E-state index contributed by atoms with van der Waals surface area (Å²) in [6, 6.07) is 1.47. The summed E-state index contributed by atoms with van der Waals surface area (Å²) in [6.07, 6.45) is 2.97. The number of aromatic nitrogens is 1. The van der Waals surface area contributed by atoms with Crippen molar-refractivity contribution < 1.29 is 14.3 Å². The predicted molar refractivity (Wildman–Crippen MR) is 91.4 cm³/mol. The first kappa shape index (κ1) is 15.2. The van der Waals surface area contributed by atoms with Crippen LogP contribution in [-0.2, 0) is 0 Å². The van der Waals surface area contributed by atoms with Crippen molar-refractivity contribution in [2.75, 3.05) is 25.0 Å². The van der Waals surface area contributed by atoms with Gasteiger partial charge in [0.2, 0.25) is 5.43 Å². The van der Waals surface area contributed by atoms with Gasteiger partial charge in [0.05, 0.1) is 21.5 Å². The second-order valence-electron chi connectivity index (χ2n) is 5.81. The molecule has 1 fully saturated rings. The van der Waals surface area contributed by atoms with E-state index in [0.717, 1.165) is 6.07 Å². The molecule has 0 saturated carbocycles. The number of anilines is 1. The largest absolute Gasteiger partial charge is 0.477 e. The van der Waals surface area contributed by atoms with E-state index in [-0.39, 0.29) is 10.9 Å². The Balaban J connectivity index is 1.99. The average molecular weight is 347 g/mol. The average Bonchev–Trinajstić information content (AvgIpc) is 2.51. The van der Waals surface area contributed by atoms with E-state index >= 15 is 0 Å². The number of nitrogens with one attached hydrogen (secondary N) is 1. The third-order valence-electron chi connectivity index (χ3n) is 4.44. The molecule has 2 aromatic rings. The molecule has 0 radical (unpaired) electrons. The van der Waals surface area contributed by atoms with E-state index in [1.165, 1.54) is 18.0 Å². The van der Waals surface area contributed by atoms with Crippen LogP contribution in [0.15, 0.2) is 27.4 Å². The quantitative estimate of drug-likeness (QED) is 0.882. The lowest BCUT2D eigenvalue weighted by atomic mass is 10.0. The van der Waals surface area contributed by atoms with E-state index in [9.17, 15) is 19.1 Å². The molecule has 1 aromatic carbocycles. The Kier molecular flexibility index (Phi) is 3.40. The summed E-state index contributed by atoms with van der Waals surface area (Å²) in [4.78, 5) is 26.3.